The summed E-state index contributed by atoms with van der Waals surface area (Å²) in [6.07, 6.45) is 0.707. The van der Waals surface area contributed by atoms with Gasteiger partial charge in [0.15, 0.2) is 0 Å². The monoisotopic (exact) mass is 358 g/mol. The van der Waals surface area contributed by atoms with E-state index in [1.165, 1.54) is 0 Å². The first-order valence-corrected chi connectivity index (χ1v) is 2.43. The Morgan fingerprint density at radius 3 is 1.89 bits per heavy atom. The Morgan fingerprint density at radius 2 is 1.89 bits per heavy atom. The SMILES string of the molecule is N#COS(=O)(=O)[O-].[Au+].[K+]. The maximum atomic E-state index is 9.23. The molecule has 0 aromatic heterocycles. The van der Waals surface area contributed by atoms with Crippen LogP contribution in [0.3, 0.4) is 0 Å². The van der Waals surface area contributed by atoms with Gasteiger partial charge in [-0.3, -0.25) is 0 Å². The number of rotatable bonds is 1. The van der Waals surface area contributed by atoms with Crippen LogP contribution in [0.15, 0.2) is 0 Å². The van der Waals surface area contributed by atoms with E-state index in [-0.39, 0.29) is 73.8 Å². The summed E-state index contributed by atoms with van der Waals surface area (Å²) in [6, 6.07) is 0. The molecule has 0 atom stereocenters. The van der Waals surface area contributed by atoms with E-state index in [1.807, 2.05) is 0 Å². The van der Waals surface area contributed by atoms with E-state index < -0.39 is 10.4 Å². The van der Waals surface area contributed by atoms with Crippen LogP contribution in [0.25, 0.3) is 0 Å². The standard InChI is InChI=1S/CHNO4S.Au.K/c2-1-6-7(3,4)5;;/h(H,3,4,5);;/q;2*+1/p-1. The van der Waals surface area contributed by atoms with E-state index in [9.17, 15) is 13.0 Å². The molecule has 0 fully saturated rings. The van der Waals surface area contributed by atoms with Gasteiger partial charge in [-0.15, -0.1) is 5.26 Å². The largest absolute Gasteiger partial charge is 1.00 e. The molecule has 0 rings (SSSR count). The molecule has 0 spiro atoms. The second-order valence-corrected chi connectivity index (χ2v) is 1.57. The zero-order chi connectivity index (χ0) is 5.91. The third-order valence-electron chi connectivity index (χ3n) is 0.139. The first-order valence-electron chi connectivity index (χ1n) is 1.09. The van der Waals surface area contributed by atoms with E-state index in [2.05, 4.69) is 4.18 Å². The van der Waals surface area contributed by atoms with Crippen molar-refractivity contribution in [3.63, 3.8) is 0 Å². The molecule has 0 aliphatic carbocycles. The molecular formula is CAuKNO4S+. The molecule has 0 aliphatic heterocycles. The van der Waals surface area contributed by atoms with Crippen molar-refractivity contribution in [1.82, 2.24) is 0 Å². The van der Waals surface area contributed by atoms with Gasteiger partial charge in [0, 0.05) is 0 Å². The minimum atomic E-state index is -4.79. The molecule has 0 saturated heterocycles. The van der Waals surface area contributed by atoms with Gasteiger partial charge < -0.3 is 8.74 Å². The van der Waals surface area contributed by atoms with Crippen LogP contribution in [0.1, 0.15) is 0 Å². The van der Waals surface area contributed by atoms with Crippen molar-refractivity contribution in [2.75, 3.05) is 0 Å². The van der Waals surface area contributed by atoms with Crippen molar-refractivity contribution in [3.8, 4) is 6.26 Å². The summed E-state index contributed by atoms with van der Waals surface area (Å²) >= 11 is 0. The van der Waals surface area contributed by atoms with E-state index in [0.29, 0.717) is 6.26 Å². The van der Waals surface area contributed by atoms with Crippen LogP contribution in [0, 0.1) is 11.5 Å². The predicted molar refractivity (Wildman–Crippen MR) is 16.4 cm³/mol. The average molecular weight is 358 g/mol. The van der Waals surface area contributed by atoms with Gasteiger partial charge in [-0.2, -0.15) is 8.42 Å². The minimum Gasteiger partial charge on any atom is -0.715 e. The fourth-order valence-electron chi connectivity index (χ4n) is 0.0456. The number of hydrogen-bond acceptors (Lipinski definition) is 5. The molecule has 0 N–H and O–H groups in total. The molecule has 0 bridgehead atoms. The summed E-state index contributed by atoms with van der Waals surface area (Å²) in [5, 5.41) is 7.35. The summed E-state index contributed by atoms with van der Waals surface area (Å²) in [5.74, 6) is 0. The third kappa shape index (κ3) is 17.7. The van der Waals surface area contributed by atoms with Crippen LogP contribution >= 0.6 is 0 Å². The predicted octanol–water partition coefficient (Wildman–Crippen LogP) is -4.05. The molecule has 9 heavy (non-hydrogen) atoms. The van der Waals surface area contributed by atoms with Gasteiger partial charge in [-0.05, 0) is 0 Å². The van der Waals surface area contributed by atoms with Crippen LogP contribution in [-0.4, -0.2) is 13.0 Å². The third-order valence-corrected chi connectivity index (χ3v) is 0.418. The van der Waals surface area contributed by atoms with Gasteiger partial charge in [0.25, 0.3) is 10.4 Å². The van der Waals surface area contributed by atoms with Crippen molar-refractivity contribution in [2.24, 2.45) is 0 Å². The van der Waals surface area contributed by atoms with E-state index in [0.717, 1.165) is 0 Å². The molecule has 8 heteroatoms. The van der Waals surface area contributed by atoms with Crippen molar-refractivity contribution < 1.29 is 90.9 Å². The summed E-state index contributed by atoms with van der Waals surface area (Å²) < 4.78 is 30.6. The van der Waals surface area contributed by atoms with E-state index in [1.54, 1.807) is 0 Å². The van der Waals surface area contributed by atoms with Crippen LogP contribution in [0.5, 0.6) is 0 Å². The van der Waals surface area contributed by atoms with Crippen molar-refractivity contribution in [2.45, 2.75) is 0 Å². The van der Waals surface area contributed by atoms with Gasteiger partial charge in [-0.1, -0.05) is 0 Å². The van der Waals surface area contributed by atoms with Gasteiger partial charge in [0.05, 0.1) is 0 Å². The molecule has 0 aliphatic rings. The number of nitrogens with zero attached hydrogens (tertiary/aromatic N) is 1. The molecule has 50 valence electrons. The molecule has 0 unspecified atom stereocenters. The molecule has 0 saturated carbocycles. The fourth-order valence-corrected chi connectivity index (χ4v) is 0.137. The second-order valence-electron chi connectivity index (χ2n) is 0.583. The van der Waals surface area contributed by atoms with Crippen molar-refractivity contribution in [1.29, 1.82) is 5.26 Å². The van der Waals surface area contributed by atoms with E-state index in [4.69, 9.17) is 5.26 Å². The normalized spacial score (nSPS) is 7.56. The molecule has 0 heterocycles. The van der Waals surface area contributed by atoms with Crippen LogP contribution in [0.4, 0.5) is 0 Å². The fraction of sp³-hybridized carbons (Fsp3) is 0. The maximum Gasteiger partial charge on any atom is 1.00 e. The molecule has 5 nitrogen and oxygen atoms in total. The van der Waals surface area contributed by atoms with Gasteiger partial charge in [-0.25, -0.2) is 0 Å². The van der Waals surface area contributed by atoms with Gasteiger partial charge in [0.2, 0.25) is 0 Å². The Kier molecular flexibility index (Phi) is 14.4. The van der Waals surface area contributed by atoms with Crippen LogP contribution in [0.2, 0.25) is 0 Å². The summed E-state index contributed by atoms with van der Waals surface area (Å²) in [6.45, 7) is 0. The summed E-state index contributed by atoms with van der Waals surface area (Å²) in [7, 11) is -4.79. The average Bonchev–Trinajstić information content (AvgIpc) is 1.30. The molecular weight excluding hydrogens is 358 g/mol. The van der Waals surface area contributed by atoms with Crippen molar-refractivity contribution >= 4 is 10.4 Å². The zero-order valence-corrected chi connectivity index (χ0v) is 10.4. The quantitative estimate of drug-likeness (QED) is 0.206. The molecule has 0 amide bonds. The zero-order valence-electron chi connectivity index (χ0n) is 4.29. The summed E-state index contributed by atoms with van der Waals surface area (Å²) in [5.41, 5.74) is 0. The number of hydrogen-bond donors (Lipinski definition) is 0. The Labute approximate surface area is 111 Å². The Balaban J connectivity index is -0.000000180. The van der Waals surface area contributed by atoms with Crippen molar-refractivity contribution in [3.05, 3.63) is 0 Å². The molecule has 0 aromatic rings. The van der Waals surface area contributed by atoms with Crippen LogP contribution < -0.4 is 51.4 Å². The van der Waals surface area contributed by atoms with Gasteiger partial charge >= 0.3 is 80.0 Å². The Hall–Kier alpha value is 1.58. The molecule has 0 aromatic carbocycles. The smallest absolute Gasteiger partial charge is 0.715 e. The topological polar surface area (TPSA) is 90.2 Å². The summed E-state index contributed by atoms with van der Waals surface area (Å²) in [4.78, 5) is 0. The van der Waals surface area contributed by atoms with Crippen LogP contribution in [-0.2, 0) is 37.0 Å². The first kappa shape index (κ1) is 16.9. The first-order chi connectivity index (χ1) is 3.06. The number of nitriles is 1. The molecule has 0 radical (unpaired) electrons. The van der Waals surface area contributed by atoms with E-state index >= 15 is 0 Å². The Morgan fingerprint density at radius 1 is 1.56 bits per heavy atom. The second kappa shape index (κ2) is 7.68. The maximum absolute atomic E-state index is 9.23. The minimum absolute atomic E-state index is 0. The Bertz CT molecular complexity index is 181. The van der Waals surface area contributed by atoms with Gasteiger partial charge in [0.1, 0.15) is 0 Å².